The fraction of sp³-hybridized carbons (Fsp3) is 0.917. The zero-order chi connectivity index (χ0) is 12.8. The van der Waals surface area contributed by atoms with Crippen LogP contribution in [0.25, 0.3) is 0 Å². The summed E-state index contributed by atoms with van der Waals surface area (Å²) in [6.45, 7) is 5.09. The number of cyclic esters (lactones) is 1. The fourth-order valence-electron chi connectivity index (χ4n) is 2.52. The van der Waals surface area contributed by atoms with Crippen molar-refractivity contribution in [2.75, 3.05) is 46.4 Å². The van der Waals surface area contributed by atoms with Crippen molar-refractivity contribution in [1.29, 1.82) is 0 Å². The van der Waals surface area contributed by atoms with E-state index in [0.717, 1.165) is 26.2 Å². The molecule has 0 aromatic carbocycles. The molecule has 2 atom stereocenters. The average Bonchev–Trinajstić information content (AvgIpc) is 2.98. The van der Waals surface area contributed by atoms with E-state index >= 15 is 0 Å². The predicted molar refractivity (Wildman–Crippen MR) is 67.6 cm³/mol. The Labute approximate surface area is 108 Å². The van der Waals surface area contributed by atoms with Gasteiger partial charge < -0.3 is 20.1 Å². The highest BCUT2D eigenvalue weighted by atomic mass is 16.6. The lowest BCUT2D eigenvalue weighted by molar-refractivity contribution is 0.0871. The maximum Gasteiger partial charge on any atom is 0.407 e. The zero-order valence-corrected chi connectivity index (χ0v) is 11.0. The van der Waals surface area contributed by atoms with Crippen LogP contribution >= 0.6 is 0 Å². The van der Waals surface area contributed by atoms with Crippen molar-refractivity contribution in [3.8, 4) is 0 Å². The summed E-state index contributed by atoms with van der Waals surface area (Å²) in [6, 6.07) is 0.562. The Bertz CT molecular complexity index is 269. The van der Waals surface area contributed by atoms with Gasteiger partial charge in [0.25, 0.3) is 0 Å². The van der Waals surface area contributed by atoms with Gasteiger partial charge in [-0.1, -0.05) is 0 Å². The summed E-state index contributed by atoms with van der Waals surface area (Å²) in [5, 5.41) is 6.18. The van der Waals surface area contributed by atoms with Crippen molar-refractivity contribution in [3.05, 3.63) is 0 Å². The van der Waals surface area contributed by atoms with Crippen molar-refractivity contribution in [1.82, 2.24) is 15.5 Å². The Kier molecular flexibility index (Phi) is 5.22. The molecule has 18 heavy (non-hydrogen) atoms. The zero-order valence-electron chi connectivity index (χ0n) is 11.0. The topological polar surface area (TPSA) is 62.8 Å². The van der Waals surface area contributed by atoms with Crippen molar-refractivity contribution in [3.63, 3.8) is 0 Å². The number of nitrogens with zero attached hydrogens (tertiary/aromatic N) is 1. The smallest absolute Gasteiger partial charge is 0.407 e. The number of hydrogen-bond donors (Lipinski definition) is 2. The Morgan fingerprint density at radius 2 is 2.39 bits per heavy atom. The van der Waals surface area contributed by atoms with Gasteiger partial charge in [0.15, 0.2) is 0 Å². The molecule has 0 aromatic rings. The van der Waals surface area contributed by atoms with Crippen LogP contribution in [0.1, 0.15) is 12.8 Å². The second kappa shape index (κ2) is 6.92. The first-order chi connectivity index (χ1) is 8.78. The molecule has 6 heteroatoms. The van der Waals surface area contributed by atoms with Gasteiger partial charge in [-0.15, -0.1) is 0 Å². The van der Waals surface area contributed by atoms with Crippen LogP contribution in [0.3, 0.4) is 0 Å². The van der Waals surface area contributed by atoms with Crippen LogP contribution in [0.4, 0.5) is 4.79 Å². The van der Waals surface area contributed by atoms with Crippen LogP contribution in [0.5, 0.6) is 0 Å². The summed E-state index contributed by atoms with van der Waals surface area (Å²) < 4.78 is 10.3. The third-order valence-corrected chi connectivity index (χ3v) is 3.46. The number of rotatable bonds is 7. The number of hydrogen-bond acceptors (Lipinski definition) is 5. The molecule has 2 saturated heterocycles. The third-order valence-electron chi connectivity index (χ3n) is 3.46. The minimum absolute atomic E-state index is 0.0317. The first-order valence-corrected chi connectivity index (χ1v) is 6.67. The molecule has 2 rings (SSSR count). The normalized spacial score (nSPS) is 27.6. The van der Waals surface area contributed by atoms with Gasteiger partial charge in [0, 0.05) is 32.8 Å². The number of methoxy groups -OCH3 is 1. The van der Waals surface area contributed by atoms with Gasteiger partial charge in [0.05, 0.1) is 13.2 Å². The maximum atomic E-state index is 11.0. The van der Waals surface area contributed by atoms with Crippen molar-refractivity contribution in [2.45, 2.75) is 25.0 Å². The molecule has 0 aliphatic carbocycles. The molecule has 0 aromatic heterocycles. The van der Waals surface area contributed by atoms with E-state index in [1.165, 1.54) is 12.8 Å². The molecule has 6 nitrogen and oxygen atoms in total. The SMILES string of the molecule is COCCN(CC1CCCN1)CC1CNC(=O)O1. The highest BCUT2D eigenvalue weighted by Gasteiger charge is 2.26. The molecule has 0 spiro atoms. The van der Waals surface area contributed by atoms with Gasteiger partial charge in [-0.3, -0.25) is 4.90 Å². The summed E-state index contributed by atoms with van der Waals surface area (Å²) in [4.78, 5) is 13.3. The molecule has 2 aliphatic heterocycles. The van der Waals surface area contributed by atoms with E-state index in [4.69, 9.17) is 9.47 Å². The largest absolute Gasteiger partial charge is 0.443 e. The van der Waals surface area contributed by atoms with Crippen LogP contribution in [0, 0.1) is 0 Å². The molecular weight excluding hydrogens is 234 g/mol. The van der Waals surface area contributed by atoms with Gasteiger partial charge in [0.1, 0.15) is 6.10 Å². The lowest BCUT2D eigenvalue weighted by atomic mass is 10.2. The van der Waals surface area contributed by atoms with E-state index in [-0.39, 0.29) is 12.2 Å². The number of alkyl carbamates (subject to hydrolysis) is 1. The summed E-state index contributed by atoms with van der Waals surface area (Å²) in [6.07, 6.45) is 2.15. The Morgan fingerprint density at radius 1 is 1.50 bits per heavy atom. The Balaban J connectivity index is 1.77. The third kappa shape index (κ3) is 4.12. The first-order valence-electron chi connectivity index (χ1n) is 6.67. The monoisotopic (exact) mass is 257 g/mol. The van der Waals surface area contributed by atoms with E-state index < -0.39 is 0 Å². The van der Waals surface area contributed by atoms with E-state index in [0.29, 0.717) is 19.2 Å². The van der Waals surface area contributed by atoms with Crippen molar-refractivity contribution >= 4 is 6.09 Å². The van der Waals surface area contributed by atoms with Gasteiger partial charge in [0.2, 0.25) is 0 Å². The summed E-state index contributed by atoms with van der Waals surface area (Å²) in [5.41, 5.74) is 0. The van der Waals surface area contributed by atoms with Gasteiger partial charge >= 0.3 is 6.09 Å². The minimum atomic E-state index is -0.300. The van der Waals surface area contributed by atoms with Crippen molar-refractivity contribution < 1.29 is 14.3 Å². The van der Waals surface area contributed by atoms with Gasteiger partial charge in [-0.25, -0.2) is 4.79 Å². The molecule has 2 heterocycles. The van der Waals surface area contributed by atoms with E-state index in [9.17, 15) is 4.79 Å². The highest BCUT2D eigenvalue weighted by molar-refractivity contribution is 5.69. The highest BCUT2D eigenvalue weighted by Crippen LogP contribution is 2.09. The number of carbonyl (C=O) groups is 1. The molecule has 2 fully saturated rings. The molecule has 2 aliphatic rings. The molecule has 104 valence electrons. The molecule has 0 bridgehead atoms. The fourth-order valence-corrected chi connectivity index (χ4v) is 2.52. The quantitative estimate of drug-likeness (QED) is 0.661. The molecule has 2 unspecified atom stereocenters. The van der Waals surface area contributed by atoms with Crippen LogP contribution in [-0.4, -0.2) is 69.6 Å². The lowest BCUT2D eigenvalue weighted by Crippen LogP contribution is -2.43. The first kappa shape index (κ1) is 13.6. The second-order valence-electron chi connectivity index (χ2n) is 4.95. The predicted octanol–water partition coefficient (Wildman–Crippen LogP) is -0.205. The summed E-state index contributed by atoms with van der Waals surface area (Å²) >= 11 is 0. The molecule has 0 saturated carbocycles. The lowest BCUT2D eigenvalue weighted by Gasteiger charge is -2.27. The number of amides is 1. The average molecular weight is 257 g/mol. The maximum absolute atomic E-state index is 11.0. The van der Waals surface area contributed by atoms with Crippen LogP contribution in [0.15, 0.2) is 0 Å². The number of ether oxygens (including phenoxy) is 2. The van der Waals surface area contributed by atoms with E-state index in [1.807, 2.05) is 0 Å². The molecule has 1 amide bonds. The van der Waals surface area contributed by atoms with Crippen LogP contribution < -0.4 is 10.6 Å². The molecular formula is C12H23N3O3. The van der Waals surface area contributed by atoms with E-state index in [2.05, 4.69) is 15.5 Å². The van der Waals surface area contributed by atoms with Crippen LogP contribution in [0.2, 0.25) is 0 Å². The van der Waals surface area contributed by atoms with E-state index in [1.54, 1.807) is 7.11 Å². The van der Waals surface area contributed by atoms with Crippen molar-refractivity contribution in [2.24, 2.45) is 0 Å². The summed E-state index contributed by atoms with van der Waals surface area (Å²) in [5.74, 6) is 0. The standard InChI is InChI=1S/C12H23N3O3/c1-17-6-5-15(8-10-3-2-4-13-10)9-11-7-14-12(16)18-11/h10-11,13H,2-9H2,1H3,(H,14,16). The Hall–Kier alpha value is -0.850. The van der Waals surface area contributed by atoms with Crippen LogP contribution in [-0.2, 0) is 9.47 Å². The summed E-state index contributed by atoms with van der Waals surface area (Å²) in [7, 11) is 1.71. The molecule has 2 N–H and O–H groups in total. The van der Waals surface area contributed by atoms with Gasteiger partial charge in [-0.05, 0) is 19.4 Å². The second-order valence-corrected chi connectivity index (χ2v) is 4.95. The van der Waals surface area contributed by atoms with Gasteiger partial charge in [-0.2, -0.15) is 0 Å². The number of carbonyl (C=O) groups excluding carboxylic acids is 1. The number of nitrogens with one attached hydrogen (secondary N) is 2. The Morgan fingerprint density at radius 3 is 3.00 bits per heavy atom. The minimum Gasteiger partial charge on any atom is -0.443 e. The molecule has 0 radical (unpaired) electrons.